The first-order chi connectivity index (χ1) is 8.86. The van der Waals surface area contributed by atoms with Gasteiger partial charge in [0.05, 0.1) is 5.56 Å². The van der Waals surface area contributed by atoms with E-state index >= 15 is 0 Å². The zero-order valence-electron chi connectivity index (χ0n) is 10.4. The second-order valence-electron chi connectivity index (χ2n) is 4.64. The summed E-state index contributed by atoms with van der Waals surface area (Å²) in [5.74, 6) is 0.504. The van der Waals surface area contributed by atoms with Crippen LogP contribution in [-0.2, 0) is 6.18 Å². The van der Waals surface area contributed by atoms with Gasteiger partial charge in [-0.2, -0.15) is 13.2 Å². The first-order valence-corrected chi connectivity index (χ1v) is 6.43. The van der Waals surface area contributed by atoms with Crippen molar-refractivity contribution in [3.63, 3.8) is 0 Å². The molecular formula is C14H14ClF3O. The molecule has 5 heteroatoms. The van der Waals surface area contributed by atoms with Crippen molar-refractivity contribution in [3.05, 3.63) is 40.4 Å². The van der Waals surface area contributed by atoms with E-state index in [1.54, 1.807) is 6.92 Å². The van der Waals surface area contributed by atoms with Gasteiger partial charge in [-0.1, -0.05) is 17.7 Å². The van der Waals surface area contributed by atoms with E-state index in [0.29, 0.717) is 17.7 Å². The lowest BCUT2D eigenvalue weighted by Crippen LogP contribution is -2.19. The van der Waals surface area contributed by atoms with Crippen LogP contribution in [0.1, 0.15) is 30.4 Å². The lowest BCUT2D eigenvalue weighted by molar-refractivity contribution is -0.137. The molecule has 0 saturated heterocycles. The zero-order chi connectivity index (χ0) is 14.0. The topological polar surface area (TPSA) is 9.23 Å². The largest absolute Gasteiger partial charge is 0.490 e. The number of benzene rings is 1. The monoisotopic (exact) mass is 290 g/mol. The first kappa shape index (κ1) is 14.3. The molecule has 0 aliphatic heterocycles. The smallest absolute Gasteiger partial charge is 0.416 e. The molecule has 0 N–H and O–H groups in total. The molecule has 1 aromatic carbocycles. The van der Waals surface area contributed by atoms with Crippen LogP contribution in [0.15, 0.2) is 29.3 Å². The van der Waals surface area contributed by atoms with Crippen LogP contribution in [0.25, 0.3) is 0 Å². The summed E-state index contributed by atoms with van der Waals surface area (Å²) in [6.45, 7) is 1.62. The van der Waals surface area contributed by atoms with Crippen LogP contribution in [0, 0.1) is 6.92 Å². The third-order valence-electron chi connectivity index (χ3n) is 3.10. The normalized spacial score (nSPS) is 20.1. The predicted molar refractivity (Wildman–Crippen MR) is 68.4 cm³/mol. The van der Waals surface area contributed by atoms with Crippen LogP contribution in [-0.4, -0.2) is 6.10 Å². The number of aryl methyl sites for hydroxylation is 1. The lowest BCUT2D eigenvalue weighted by Gasteiger charge is -2.22. The minimum atomic E-state index is -4.32. The maximum atomic E-state index is 12.5. The van der Waals surface area contributed by atoms with Gasteiger partial charge in [-0.05, 0) is 43.5 Å². The van der Waals surface area contributed by atoms with Crippen molar-refractivity contribution < 1.29 is 17.9 Å². The van der Waals surface area contributed by atoms with Crippen molar-refractivity contribution >= 4 is 11.6 Å². The van der Waals surface area contributed by atoms with E-state index in [-0.39, 0.29) is 6.10 Å². The van der Waals surface area contributed by atoms with Crippen LogP contribution in [0.4, 0.5) is 13.2 Å². The van der Waals surface area contributed by atoms with Crippen LogP contribution >= 0.6 is 11.6 Å². The van der Waals surface area contributed by atoms with E-state index in [1.165, 1.54) is 6.07 Å². The molecule has 0 spiro atoms. The van der Waals surface area contributed by atoms with Gasteiger partial charge >= 0.3 is 6.18 Å². The van der Waals surface area contributed by atoms with Gasteiger partial charge in [-0.15, -0.1) is 0 Å². The second-order valence-corrected chi connectivity index (χ2v) is 5.13. The Morgan fingerprint density at radius 3 is 2.58 bits per heavy atom. The van der Waals surface area contributed by atoms with E-state index in [4.69, 9.17) is 16.3 Å². The summed E-state index contributed by atoms with van der Waals surface area (Å²) in [5.41, 5.74) is -0.153. The quantitative estimate of drug-likeness (QED) is 0.739. The minimum absolute atomic E-state index is 0.0158. The van der Waals surface area contributed by atoms with Crippen molar-refractivity contribution in [1.82, 2.24) is 0 Å². The molecular weight excluding hydrogens is 277 g/mol. The van der Waals surface area contributed by atoms with Gasteiger partial charge < -0.3 is 4.74 Å². The number of hydrogen-bond donors (Lipinski definition) is 0. The van der Waals surface area contributed by atoms with Crippen LogP contribution < -0.4 is 4.74 Å². The number of hydrogen-bond acceptors (Lipinski definition) is 1. The molecule has 1 atom stereocenters. The number of alkyl halides is 3. The van der Waals surface area contributed by atoms with Gasteiger partial charge in [0.15, 0.2) is 0 Å². The zero-order valence-corrected chi connectivity index (χ0v) is 11.2. The fourth-order valence-corrected chi connectivity index (χ4v) is 2.22. The van der Waals surface area contributed by atoms with Crippen LogP contribution in [0.2, 0.25) is 0 Å². The number of halogens is 4. The fraction of sp³-hybridized carbons (Fsp3) is 0.429. The van der Waals surface area contributed by atoms with E-state index in [9.17, 15) is 13.2 Å². The molecule has 1 aromatic rings. The van der Waals surface area contributed by atoms with Crippen molar-refractivity contribution in [2.24, 2.45) is 0 Å². The standard InChI is InChI=1S/C14H14ClF3O/c1-9-8-10(14(16,17)18)2-7-13(9)19-12-5-3-11(15)4-6-12/h2-3,7-8,12H,4-6H2,1H3. The average Bonchev–Trinajstić information content (AvgIpc) is 2.33. The lowest BCUT2D eigenvalue weighted by atomic mass is 10.0. The Hall–Kier alpha value is -1.16. The molecule has 0 saturated carbocycles. The molecule has 0 bridgehead atoms. The minimum Gasteiger partial charge on any atom is -0.490 e. The molecule has 19 heavy (non-hydrogen) atoms. The highest BCUT2D eigenvalue weighted by atomic mass is 35.5. The second kappa shape index (κ2) is 5.45. The summed E-state index contributed by atoms with van der Waals surface area (Å²) in [5, 5.41) is 0.823. The summed E-state index contributed by atoms with van der Waals surface area (Å²) in [6, 6.07) is 3.55. The van der Waals surface area contributed by atoms with Gasteiger partial charge in [0.2, 0.25) is 0 Å². The molecule has 0 amide bonds. The molecule has 1 aliphatic carbocycles. The Morgan fingerprint density at radius 1 is 1.32 bits per heavy atom. The summed E-state index contributed by atoms with van der Waals surface area (Å²) < 4.78 is 43.3. The van der Waals surface area contributed by atoms with E-state index < -0.39 is 11.7 Å². The molecule has 0 radical (unpaired) electrons. The molecule has 104 valence electrons. The van der Waals surface area contributed by atoms with E-state index in [2.05, 4.69) is 0 Å². The number of rotatable bonds is 2. The Bertz CT molecular complexity index is 494. The Kier molecular flexibility index (Phi) is 4.09. The van der Waals surface area contributed by atoms with Crippen LogP contribution in [0.5, 0.6) is 5.75 Å². The summed E-state index contributed by atoms with van der Waals surface area (Å²) in [4.78, 5) is 0. The van der Waals surface area contributed by atoms with Gasteiger partial charge in [-0.3, -0.25) is 0 Å². The molecule has 0 aromatic heterocycles. The number of allylic oxidation sites excluding steroid dienone is 1. The van der Waals surface area contributed by atoms with Gasteiger partial charge in [0.1, 0.15) is 11.9 Å². The van der Waals surface area contributed by atoms with Crippen molar-refractivity contribution in [1.29, 1.82) is 0 Å². The highest BCUT2D eigenvalue weighted by Crippen LogP contribution is 2.33. The SMILES string of the molecule is Cc1cc(C(F)(F)F)ccc1OC1CC=C(Cl)CC1. The van der Waals surface area contributed by atoms with E-state index in [1.807, 2.05) is 6.08 Å². The average molecular weight is 291 g/mol. The van der Waals surface area contributed by atoms with E-state index in [0.717, 1.165) is 30.0 Å². The van der Waals surface area contributed by atoms with Crippen molar-refractivity contribution in [2.75, 3.05) is 0 Å². The third-order valence-corrected chi connectivity index (χ3v) is 3.45. The molecule has 2 rings (SSSR count). The summed E-state index contributed by atoms with van der Waals surface area (Å²) >= 11 is 5.87. The molecule has 1 nitrogen and oxygen atoms in total. The first-order valence-electron chi connectivity index (χ1n) is 6.05. The van der Waals surface area contributed by atoms with Gasteiger partial charge in [0, 0.05) is 11.5 Å². The fourth-order valence-electron chi connectivity index (χ4n) is 2.02. The Labute approximate surface area is 115 Å². The van der Waals surface area contributed by atoms with Crippen LogP contribution in [0.3, 0.4) is 0 Å². The summed E-state index contributed by atoms with van der Waals surface area (Å²) in [7, 11) is 0. The Morgan fingerprint density at radius 2 is 2.05 bits per heavy atom. The maximum absolute atomic E-state index is 12.5. The molecule has 1 aliphatic rings. The number of ether oxygens (including phenoxy) is 1. The summed E-state index contributed by atoms with van der Waals surface area (Å²) in [6.07, 6.45) is -0.196. The molecule has 1 unspecified atom stereocenters. The van der Waals surface area contributed by atoms with Gasteiger partial charge in [0.25, 0.3) is 0 Å². The van der Waals surface area contributed by atoms with Gasteiger partial charge in [-0.25, -0.2) is 0 Å². The predicted octanol–water partition coefficient (Wildman–Crippen LogP) is 5.07. The Balaban J connectivity index is 2.10. The highest BCUT2D eigenvalue weighted by molar-refractivity contribution is 6.29. The molecule has 0 heterocycles. The maximum Gasteiger partial charge on any atom is 0.416 e. The molecule has 0 fully saturated rings. The van der Waals surface area contributed by atoms with Crippen molar-refractivity contribution in [2.45, 2.75) is 38.5 Å². The highest BCUT2D eigenvalue weighted by Gasteiger charge is 2.30. The van der Waals surface area contributed by atoms with Crippen molar-refractivity contribution in [3.8, 4) is 5.75 Å². The third kappa shape index (κ3) is 3.66.